The van der Waals surface area contributed by atoms with Crippen LogP contribution in [-0.4, -0.2) is 34.7 Å². The summed E-state index contributed by atoms with van der Waals surface area (Å²) >= 11 is 2.05. The lowest BCUT2D eigenvalue weighted by atomic mass is 10.3. The molecular formula is C19H44O3SSi2. The molecule has 0 radical (unpaired) electrons. The summed E-state index contributed by atoms with van der Waals surface area (Å²) in [6.07, 6.45) is 6.65. The first-order chi connectivity index (χ1) is 11.7. The molecule has 0 spiro atoms. The van der Waals surface area contributed by atoms with Crippen LogP contribution in [0.3, 0.4) is 0 Å². The molecule has 0 fully saturated rings. The average Bonchev–Trinajstić information content (AvgIpc) is 2.45. The van der Waals surface area contributed by atoms with Crippen LogP contribution in [0, 0.1) is 5.92 Å². The van der Waals surface area contributed by atoms with E-state index in [1.54, 1.807) is 0 Å². The average molecular weight is 409 g/mol. The Balaban J connectivity index is 5.27. The summed E-state index contributed by atoms with van der Waals surface area (Å²) in [5.41, 5.74) is 0.213. The minimum atomic E-state index is -2.63. The second-order valence-electron chi connectivity index (χ2n) is 8.25. The van der Waals surface area contributed by atoms with Crippen molar-refractivity contribution in [2.45, 2.75) is 104 Å². The van der Waals surface area contributed by atoms with Crippen molar-refractivity contribution in [1.82, 2.24) is 0 Å². The molecule has 0 bridgehead atoms. The van der Waals surface area contributed by atoms with E-state index in [-0.39, 0.29) is 5.44 Å². The lowest BCUT2D eigenvalue weighted by Gasteiger charge is -2.36. The fraction of sp³-hybridized carbons (Fsp3) is 1.00. The molecule has 1 atom stereocenters. The molecule has 25 heavy (non-hydrogen) atoms. The van der Waals surface area contributed by atoms with Crippen molar-refractivity contribution >= 4 is 27.2 Å². The predicted molar refractivity (Wildman–Crippen MR) is 118 cm³/mol. The van der Waals surface area contributed by atoms with Crippen LogP contribution in [0.4, 0.5) is 0 Å². The van der Waals surface area contributed by atoms with E-state index in [9.17, 15) is 0 Å². The molecule has 0 aromatic carbocycles. The van der Waals surface area contributed by atoms with E-state index in [1.807, 2.05) is 0 Å². The molecule has 0 amide bonds. The number of unbranched alkanes of at least 4 members (excludes halogenated alkanes) is 2. The Kier molecular flexibility index (Phi) is 14.1. The Hall–Kier alpha value is 0.664. The van der Waals surface area contributed by atoms with E-state index in [1.165, 1.54) is 0 Å². The van der Waals surface area contributed by atoms with Crippen LogP contribution in [0.1, 0.15) is 73.1 Å². The minimum absolute atomic E-state index is 0.213. The van der Waals surface area contributed by atoms with Gasteiger partial charge in [-0.05, 0) is 25.2 Å². The lowest BCUT2D eigenvalue weighted by molar-refractivity contribution is 0.0450. The van der Waals surface area contributed by atoms with Crippen molar-refractivity contribution in [2.75, 3.05) is 13.2 Å². The molecule has 1 unspecified atom stereocenters. The number of hydrogen-bond donors (Lipinski definition) is 0. The maximum atomic E-state index is 6.75. The fourth-order valence-corrected chi connectivity index (χ4v) is 10.4. The van der Waals surface area contributed by atoms with Gasteiger partial charge in [0.15, 0.2) is 0 Å². The molecule has 0 rings (SSSR count). The summed E-state index contributed by atoms with van der Waals surface area (Å²) in [4.78, 5) is 0. The Bertz CT molecular complexity index is 312. The van der Waals surface area contributed by atoms with Crippen LogP contribution in [0.2, 0.25) is 25.7 Å². The SMILES string of the molecule is CCCCO[Si](CC(C)C)(OCCCC)OC(CCC)S[Si](C)(C)C. The van der Waals surface area contributed by atoms with Gasteiger partial charge in [0.2, 0.25) is 0 Å². The summed E-state index contributed by atoms with van der Waals surface area (Å²) in [5, 5.41) is 0. The van der Waals surface area contributed by atoms with Crippen molar-refractivity contribution in [1.29, 1.82) is 0 Å². The Morgan fingerprint density at radius 3 is 1.72 bits per heavy atom. The highest BCUT2D eigenvalue weighted by molar-refractivity contribution is 8.28. The molecule has 0 aliphatic rings. The quantitative estimate of drug-likeness (QED) is 0.157. The largest absolute Gasteiger partial charge is 0.502 e. The van der Waals surface area contributed by atoms with Gasteiger partial charge in [-0.25, -0.2) is 0 Å². The Morgan fingerprint density at radius 2 is 1.36 bits per heavy atom. The Morgan fingerprint density at radius 1 is 0.840 bits per heavy atom. The van der Waals surface area contributed by atoms with Gasteiger partial charge < -0.3 is 13.3 Å². The van der Waals surface area contributed by atoms with Crippen LogP contribution in [0.25, 0.3) is 0 Å². The number of hydrogen-bond acceptors (Lipinski definition) is 4. The van der Waals surface area contributed by atoms with Crippen LogP contribution < -0.4 is 0 Å². The van der Waals surface area contributed by atoms with Gasteiger partial charge in [-0.3, -0.25) is 0 Å². The smallest absolute Gasteiger partial charge is 0.373 e. The lowest BCUT2D eigenvalue weighted by Crippen LogP contribution is -2.50. The monoisotopic (exact) mass is 408 g/mol. The van der Waals surface area contributed by atoms with E-state index >= 15 is 0 Å². The molecular weight excluding hydrogens is 364 g/mol. The van der Waals surface area contributed by atoms with Crippen molar-refractivity contribution < 1.29 is 13.3 Å². The van der Waals surface area contributed by atoms with Crippen molar-refractivity contribution in [3.8, 4) is 0 Å². The van der Waals surface area contributed by atoms with Gasteiger partial charge in [-0.15, -0.1) is 0 Å². The van der Waals surface area contributed by atoms with Crippen LogP contribution in [-0.2, 0) is 13.3 Å². The van der Waals surface area contributed by atoms with Gasteiger partial charge in [0.05, 0.1) is 5.44 Å². The maximum Gasteiger partial charge on any atom is 0.502 e. The van der Waals surface area contributed by atoms with Gasteiger partial charge in [-0.1, -0.05) is 73.5 Å². The zero-order valence-corrected chi connectivity index (χ0v) is 21.0. The third-order valence-corrected chi connectivity index (χ3v) is 11.2. The molecule has 152 valence electrons. The first kappa shape index (κ1) is 25.7. The summed E-state index contributed by atoms with van der Waals surface area (Å²) in [6.45, 7) is 19.8. The molecule has 0 saturated carbocycles. The molecule has 6 heteroatoms. The summed E-state index contributed by atoms with van der Waals surface area (Å²) in [7, 11) is -3.90. The standard InChI is InChI=1S/C19H44O3SSi2/c1-9-12-15-20-25(17-18(4)5,21-16-13-10-2)22-19(14-11-3)23-24(6,7)8/h18-19H,9-17H2,1-8H3. The van der Waals surface area contributed by atoms with E-state index in [4.69, 9.17) is 13.3 Å². The molecule has 0 N–H and O–H groups in total. The normalized spacial score (nSPS) is 14.3. The molecule has 0 aliphatic heterocycles. The van der Waals surface area contributed by atoms with Crippen molar-refractivity contribution in [3.63, 3.8) is 0 Å². The van der Waals surface area contributed by atoms with Crippen LogP contribution in [0.5, 0.6) is 0 Å². The second kappa shape index (κ2) is 13.8. The number of rotatable bonds is 16. The van der Waals surface area contributed by atoms with Crippen molar-refractivity contribution in [3.05, 3.63) is 0 Å². The topological polar surface area (TPSA) is 27.7 Å². The van der Waals surface area contributed by atoms with Gasteiger partial charge in [0, 0.05) is 19.3 Å². The van der Waals surface area contributed by atoms with E-state index < -0.39 is 16.0 Å². The van der Waals surface area contributed by atoms with Crippen LogP contribution in [0.15, 0.2) is 0 Å². The van der Waals surface area contributed by atoms with Gasteiger partial charge in [0.25, 0.3) is 0 Å². The Labute approximate surface area is 164 Å². The highest BCUT2D eigenvalue weighted by Crippen LogP contribution is 2.33. The molecule has 3 nitrogen and oxygen atoms in total. The van der Waals surface area contributed by atoms with Crippen molar-refractivity contribution in [2.24, 2.45) is 5.92 Å². The van der Waals surface area contributed by atoms with E-state index in [2.05, 4.69) is 65.5 Å². The summed E-state index contributed by atoms with van der Waals surface area (Å²) in [5.74, 6) is 0.522. The van der Waals surface area contributed by atoms with E-state index in [0.29, 0.717) is 5.92 Å². The molecule has 0 aromatic rings. The maximum absolute atomic E-state index is 6.75. The first-order valence-electron chi connectivity index (χ1n) is 10.3. The van der Waals surface area contributed by atoms with Gasteiger partial charge >= 0.3 is 8.80 Å². The predicted octanol–water partition coefficient (Wildman–Crippen LogP) is 6.93. The third-order valence-electron chi connectivity index (χ3n) is 3.62. The molecule has 0 aromatic heterocycles. The zero-order chi connectivity index (χ0) is 19.3. The summed E-state index contributed by atoms with van der Waals surface area (Å²) in [6, 6.07) is 0.924. The molecule has 0 saturated heterocycles. The second-order valence-corrected chi connectivity index (χ2v) is 20.2. The van der Waals surface area contributed by atoms with Crippen LogP contribution >= 0.6 is 11.2 Å². The minimum Gasteiger partial charge on any atom is -0.373 e. The third kappa shape index (κ3) is 13.5. The highest BCUT2D eigenvalue weighted by Gasteiger charge is 2.44. The van der Waals surface area contributed by atoms with Gasteiger partial charge in [0.1, 0.15) is 7.22 Å². The molecule has 0 heterocycles. The zero-order valence-electron chi connectivity index (χ0n) is 18.2. The molecule has 0 aliphatic carbocycles. The van der Waals surface area contributed by atoms with Gasteiger partial charge in [-0.2, -0.15) is 11.2 Å². The highest BCUT2D eigenvalue weighted by atomic mass is 32.4. The first-order valence-corrected chi connectivity index (χ1v) is 17.3. The van der Waals surface area contributed by atoms with E-state index in [0.717, 1.165) is 57.8 Å². The summed E-state index contributed by atoms with van der Waals surface area (Å²) < 4.78 is 19.6. The fourth-order valence-electron chi connectivity index (χ4n) is 2.49.